The molecule has 1 aromatic heterocycles. The number of anilines is 2. The lowest BCUT2D eigenvalue weighted by Crippen LogP contribution is -2.49. The van der Waals surface area contributed by atoms with E-state index in [1.54, 1.807) is 0 Å². The molecule has 164 valence electrons. The van der Waals surface area contributed by atoms with Crippen molar-refractivity contribution < 1.29 is 19.5 Å². The Kier molecular flexibility index (Phi) is 6.14. The molecule has 0 aliphatic heterocycles. The van der Waals surface area contributed by atoms with E-state index in [0.717, 1.165) is 36.1 Å². The summed E-state index contributed by atoms with van der Waals surface area (Å²) in [6, 6.07) is 9.21. The summed E-state index contributed by atoms with van der Waals surface area (Å²) in [5.41, 5.74) is 2.08. The summed E-state index contributed by atoms with van der Waals surface area (Å²) in [5, 5.41) is 16.2. The zero-order chi connectivity index (χ0) is 22.1. The standard InChI is InChI=1S/C24H28N2O4S/c1-3-17-13(2)31-23(20(17)22(28)25-16-7-5-4-6-8-16)26-21(27)18-14-9-11-15(12-10-14)19(18)24(29)30/h4-8,14-15,18-19H,3,9-12H2,1-2H3,(H,25,28)(H,26,27)(H,29,30)/t14?,15?,18-,19+/m1/s1. The topological polar surface area (TPSA) is 95.5 Å². The lowest BCUT2D eigenvalue weighted by molar-refractivity contribution is -0.156. The van der Waals surface area contributed by atoms with Crippen LogP contribution < -0.4 is 10.6 Å². The van der Waals surface area contributed by atoms with Crippen LogP contribution in [0.2, 0.25) is 0 Å². The predicted molar refractivity (Wildman–Crippen MR) is 122 cm³/mol. The van der Waals surface area contributed by atoms with E-state index in [0.29, 0.717) is 22.7 Å². The van der Waals surface area contributed by atoms with Crippen LogP contribution in [0.4, 0.5) is 10.7 Å². The van der Waals surface area contributed by atoms with Gasteiger partial charge in [0.25, 0.3) is 5.91 Å². The van der Waals surface area contributed by atoms with Crippen LogP contribution in [0, 0.1) is 30.6 Å². The third-order valence-electron chi connectivity index (χ3n) is 6.87. The van der Waals surface area contributed by atoms with Crippen molar-refractivity contribution in [2.45, 2.75) is 46.0 Å². The normalized spacial score (nSPS) is 24.6. The minimum atomic E-state index is -0.881. The highest BCUT2D eigenvalue weighted by Crippen LogP contribution is 2.49. The number of hydrogen-bond donors (Lipinski definition) is 3. The average Bonchev–Trinajstić information content (AvgIpc) is 3.09. The third kappa shape index (κ3) is 4.11. The van der Waals surface area contributed by atoms with Gasteiger partial charge in [-0.1, -0.05) is 25.1 Å². The molecular formula is C24H28N2O4S. The summed E-state index contributed by atoms with van der Waals surface area (Å²) < 4.78 is 0. The summed E-state index contributed by atoms with van der Waals surface area (Å²) in [4.78, 5) is 39.4. The zero-order valence-electron chi connectivity index (χ0n) is 17.8. The number of hydrogen-bond acceptors (Lipinski definition) is 4. The second-order valence-electron chi connectivity index (χ2n) is 8.57. The Morgan fingerprint density at radius 2 is 1.61 bits per heavy atom. The van der Waals surface area contributed by atoms with E-state index in [9.17, 15) is 19.5 Å². The van der Waals surface area contributed by atoms with Crippen molar-refractivity contribution in [1.29, 1.82) is 0 Å². The fraction of sp³-hybridized carbons (Fsp3) is 0.458. The number of amides is 2. The number of carbonyl (C=O) groups excluding carboxylic acids is 2. The molecule has 0 unspecified atom stereocenters. The van der Waals surface area contributed by atoms with Crippen molar-refractivity contribution in [3.05, 3.63) is 46.3 Å². The first-order valence-electron chi connectivity index (χ1n) is 10.9. The highest BCUT2D eigenvalue weighted by Gasteiger charge is 2.50. The molecule has 2 bridgehead atoms. The number of rotatable bonds is 6. The van der Waals surface area contributed by atoms with Crippen molar-refractivity contribution in [3.63, 3.8) is 0 Å². The molecule has 3 aliphatic carbocycles. The van der Waals surface area contributed by atoms with Crippen LogP contribution >= 0.6 is 11.3 Å². The molecule has 6 nitrogen and oxygen atoms in total. The summed E-state index contributed by atoms with van der Waals surface area (Å²) in [7, 11) is 0. The maximum Gasteiger partial charge on any atom is 0.307 e. The van der Waals surface area contributed by atoms with Gasteiger partial charge < -0.3 is 15.7 Å². The molecule has 0 saturated heterocycles. The third-order valence-corrected chi connectivity index (χ3v) is 7.93. The number of carbonyl (C=O) groups is 3. The van der Waals surface area contributed by atoms with Gasteiger partial charge in [0, 0.05) is 10.6 Å². The minimum absolute atomic E-state index is 0.0652. The monoisotopic (exact) mass is 440 g/mol. The van der Waals surface area contributed by atoms with Crippen LogP contribution in [0.15, 0.2) is 30.3 Å². The van der Waals surface area contributed by atoms with Crippen LogP contribution in [0.5, 0.6) is 0 Å². The molecule has 2 amide bonds. The summed E-state index contributed by atoms with van der Waals surface area (Å²) in [6.07, 6.45) is 4.24. The minimum Gasteiger partial charge on any atom is -0.481 e. The molecule has 1 heterocycles. The highest BCUT2D eigenvalue weighted by atomic mass is 32.1. The predicted octanol–water partition coefficient (Wildman–Crippen LogP) is 4.95. The maximum absolute atomic E-state index is 13.3. The van der Waals surface area contributed by atoms with Crippen LogP contribution in [0.1, 0.15) is 53.4 Å². The van der Waals surface area contributed by atoms with Gasteiger partial charge in [-0.2, -0.15) is 0 Å². The molecule has 0 radical (unpaired) electrons. The molecule has 0 spiro atoms. The molecule has 5 rings (SSSR count). The molecular weight excluding hydrogens is 412 g/mol. The Morgan fingerprint density at radius 3 is 2.19 bits per heavy atom. The Bertz CT molecular complexity index is 993. The van der Waals surface area contributed by atoms with Crippen LogP contribution in [-0.2, 0) is 16.0 Å². The molecule has 3 aliphatic rings. The van der Waals surface area contributed by atoms with Gasteiger partial charge in [0.15, 0.2) is 0 Å². The van der Waals surface area contributed by atoms with Gasteiger partial charge in [-0.05, 0) is 68.6 Å². The Morgan fingerprint density at radius 1 is 1.00 bits per heavy atom. The quantitative estimate of drug-likeness (QED) is 0.592. The van der Waals surface area contributed by atoms with Gasteiger partial charge in [-0.25, -0.2) is 0 Å². The second kappa shape index (κ2) is 8.83. The fourth-order valence-electron chi connectivity index (χ4n) is 5.43. The van der Waals surface area contributed by atoms with Crippen LogP contribution in [0.25, 0.3) is 0 Å². The number of fused-ring (bicyclic) bond motifs is 3. The summed E-state index contributed by atoms with van der Waals surface area (Å²) in [5.74, 6) is -2.42. The van der Waals surface area contributed by atoms with E-state index in [2.05, 4.69) is 10.6 Å². The number of thiophene rings is 1. The van der Waals surface area contributed by atoms with Gasteiger partial charge in [0.1, 0.15) is 5.00 Å². The van der Waals surface area contributed by atoms with Gasteiger partial charge in [-0.15, -0.1) is 11.3 Å². The van der Waals surface area contributed by atoms with Gasteiger partial charge >= 0.3 is 5.97 Å². The number of carboxylic acid groups (broad SMARTS) is 1. The van der Waals surface area contributed by atoms with Crippen molar-refractivity contribution in [1.82, 2.24) is 0 Å². The zero-order valence-corrected chi connectivity index (χ0v) is 18.6. The highest BCUT2D eigenvalue weighted by molar-refractivity contribution is 7.16. The maximum atomic E-state index is 13.3. The van der Waals surface area contributed by atoms with Crippen molar-refractivity contribution in [2.75, 3.05) is 10.6 Å². The Balaban J connectivity index is 1.61. The van der Waals surface area contributed by atoms with Crippen molar-refractivity contribution in [2.24, 2.45) is 23.7 Å². The first-order valence-corrected chi connectivity index (χ1v) is 11.7. The number of aliphatic carboxylic acids is 1. The molecule has 3 fully saturated rings. The van der Waals surface area contributed by atoms with Gasteiger partial charge in [0.2, 0.25) is 5.91 Å². The molecule has 31 heavy (non-hydrogen) atoms. The lowest BCUT2D eigenvalue weighted by Gasteiger charge is -2.45. The van der Waals surface area contributed by atoms with E-state index in [-0.39, 0.29) is 23.7 Å². The molecule has 7 heteroatoms. The van der Waals surface area contributed by atoms with Crippen molar-refractivity contribution >= 4 is 39.8 Å². The first kappa shape index (κ1) is 21.6. The van der Waals surface area contributed by atoms with Crippen molar-refractivity contribution in [3.8, 4) is 0 Å². The molecule has 3 N–H and O–H groups in total. The number of aryl methyl sites for hydroxylation is 1. The molecule has 1 aromatic carbocycles. The Labute approximate surface area is 186 Å². The number of carboxylic acids is 1. The molecule has 3 saturated carbocycles. The second-order valence-corrected chi connectivity index (χ2v) is 9.79. The largest absolute Gasteiger partial charge is 0.481 e. The number of benzene rings is 1. The van der Waals surface area contributed by atoms with E-state index in [1.165, 1.54) is 11.3 Å². The lowest BCUT2D eigenvalue weighted by atomic mass is 9.58. The smallest absolute Gasteiger partial charge is 0.307 e. The van der Waals surface area contributed by atoms with Gasteiger partial charge in [0.05, 0.1) is 17.4 Å². The average molecular weight is 441 g/mol. The van der Waals surface area contributed by atoms with E-state index in [4.69, 9.17) is 0 Å². The first-order chi connectivity index (χ1) is 14.9. The summed E-state index contributed by atoms with van der Waals surface area (Å²) >= 11 is 1.39. The molecule has 2 aromatic rings. The van der Waals surface area contributed by atoms with E-state index >= 15 is 0 Å². The number of nitrogens with one attached hydrogen (secondary N) is 2. The van der Waals surface area contributed by atoms with Crippen LogP contribution in [0.3, 0.4) is 0 Å². The van der Waals surface area contributed by atoms with Gasteiger partial charge in [-0.3, -0.25) is 14.4 Å². The summed E-state index contributed by atoms with van der Waals surface area (Å²) in [6.45, 7) is 3.93. The molecule has 2 atom stereocenters. The van der Waals surface area contributed by atoms with E-state index in [1.807, 2.05) is 44.2 Å². The Hall–Kier alpha value is -2.67. The fourth-order valence-corrected chi connectivity index (χ4v) is 6.57. The van der Waals surface area contributed by atoms with Crippen LogP contribution in [-0.4, -0.2) is 22.9 Å². The number of para-hydroxylation sites is 1. The SMILES string of the molecule is CCc1c(C)sc(NC(=O)[C@@H]2C3CCC(CC3)[C@@H]2C(=O)O)c1C(=O)Nc1ccccc1. The van der Waals surface area contributed by atoms with E-state index < -0.39 is 17.8 Å².